The number of aliphatic hydroxyl groups excluding tert-OH is 1. The zero-order valence-electron chi connectivity index (χ0n) is 25.4. The standard InChI is InChI=1S/C33H44N4O6.ClH/c1-2-3-19-37-31(40)28(29(38)24-7-5-4-6-8-24)34-32(41)33(37)17-20-36(21-18-33)22-23-9-13-26(14-10-23)43-27-15-11-25(12-16-27)30(39)35-42;/h9-16,24,28-29,38,42H,2-8,17-22H2,1H3,(H,34,41)(H,35,39);1H/t28-,29-;/m1./s1. The molecule has 0 bridgehead atoms. The molecule has 0 aromatic heterocycles. The summed E-state index contributed by atoms with van der Waals surface area (Å²) in [5.74, 6) is 0.473. The van der Waals surface area contributed by atoms with E-state index in [9.17, 15) is 19.5 Å². The summed E-state index contributed by atoms with van der Waals surface area (Å²) >= 11 is 0. The van der Waals surface area contributed by atoms with Crippen molar-refractivity contribution >= 4 is 30.1 Å². The van der Waals surface area contributed by atoms with Crippen molar-refractivity contribution in [3.05, 3.63) is 59.7 Å². The molecule has 1 aliphatic carbocycles. The Labute approximate surface area is 265 Å². The fourth-order valence-corrected chi connectivity index (χ4v) is 6.83. The fourth-order valence-electron chi connectivity index (χ4n) is 6.83. The van der Waals surface area contributed by atoms with Gasteiger partial charge in [0.25, 0.3) is 5.91 Å². The molecule has 2 heterocycles. The number of ether oxygens (including phenoxy) is 1. The largest absolute Gasteiger partial charge is 0.457 e. The number of nitrogens with one attached hydrogen (secondary N) is 2. The second-order valence-electron chi connectivity index (χ2n) is 12.2. The zero-order valence-corrected chi connectivity index (χ0v) is 26.2. The molecule has 240 valence electrons. The summed E-state index contributed by atoms with van der Waals surface area (Å²) in [6.07, 6.45) is 7.14. The van der Waals surface area contributed by atoms with Crippen LogP contribution in [0.2, 0.25) is 0 Å². The van der Waals surface area contributed by atoms with Gasteiger partial charge < -0.3 is 20.1 Å². The predicted molar refractivity (Wildman–Crippen MR) is 168 cm³/mol. The number of hydrogen-bond acceptors (Lipinski definition) is 7. The van der Waals surface area contributed by atoms with E-state index in [1.54, 1.807) is 29.7 Å². The zero-order chi connectivity index (χ0) is 30.4. The average Bonchev–Trinajstić information content (AvgIpc) is 3.04. The van der Waals surface area contributed by atoms with Crippen LogP contribution in [0.1, 0.15) is 80.6 Å². The first kappa shape index (κ1) is 33.7. The Bertz CT molecular complexity index is 1260. The summed E-state index contributed by atoms with van der Waals surface area (Å²) in [6, 6.07) is 13.4. The van der Waals surface area contributed by atoms with Gasteiger partial charge in [0.15, 0.2) is 0 Å². The van der Waals surface area contributed by atoms with Crippen LogP contribution in [0.5, 0.6) is 11.5 Å². The molecule has 3 fully saturated rings. The van der Waals surface area contributed by atoms with Crippen LogP contribution in [0.25, 0.3) is 0 Å². The van der Waals surface area contributed by atoms with Gasteiger partial charge in [-0.2, -0.15) is 0 Å². The van der Waals surface area contributed by atoms with Crippen LogP contribution >= 0.6 is 12.4 Å². The maximum atomic E-state index is 13.8. The number of unbranched alkanes of at least 4 members (excludes halogenated alkanes) is 1. The van der Waals surface area contributed by atoms with Crippen molar-refractivity contribution in [2.24, 2.45) is 5.92 Å². The topological polar surface area (TPSA) is 131 Å². The number of carbonyl (C=O) groups is 3. The lowest BCUT2D eigenvalue weighted by Crippen LogP contribution is -2.75. The van der Waals surface area contributed by atoms with Gasteiger partial charge >= 0.3 is 0 Å². The summed E-state index contributed by atoms with van der Waals surface area (Å²) in [5.41, 5.74) is 2.18. The van der Waals surface area contributed by atoms with Gasteiger partial charge in [0, 0.05) is 31.7 Å². The lowest BCUT2D eigenvalue weighted by molar-refractivity contribution is -0.166. The molecule has 2 aromatic carbocycles. The maximum Gasteiger partial charge on any atom is 0.274 e. The number of hydroxylamine groups is 1. The first-order valence-corrected chi connectivity index (χ1v) is 15.7. The molecule has 10 nitrogen and oxygen atoms in total. The van der Waals surface area contributed by atoms with E-state index < -0.39 is 23.6 Å². The van der Waals surface area contributed by atoms with E-state index in [1.165, 1.54) is 0 Å². The number of aliphatic hydroxyl groups is 1. The predicted octanol–water partition coefficient (Wildman–Crippen LogP) is 4.42. The van der Waals surface area contributed by atoms with E-state index in [2.05, 4.69) is 17.1 Å². The van der Waals surface area contributed by atoms with Gasteiger partial charge in [-0.1, -0.05) is 44.7 Å². The van der Waals surface area contributed by atoms with Crippen molar-refractivity contribution in [3.63, 3.8) is 0 Å². The summed E-state index contributed by atoms with van der Waals surface area (Å²) < 4.78 is 5.89. The van der Waals surface area contributed by atoms with Gasteiger partial charge in [-0.25, -0.2) is 5.48 Å². The number of piperazine rings is 1. The van der Waals surface area contributed by atoms with E-state index in [1.807, 2.05) is 29.2 Å². The lowest BCUT2D eigenvalue weighted by atomic mass is 9.78. The quantitative estimate of drug-likeness (QED) is 0.226. The molecule has 2 aliphatic heterocycles. The van der Waals surface area contributed by atoms with Crippen LogP contribution in [0, 0.1) is 5.92 Å². The summed E-state index contributed by atoms with van der Waals surface area (Å²) in [7, 11) is 0. The molecule has 1 spiro atoms. The molecular weight excluding hydrogens is 584 g/mol. The lowest BCUT2D eigenvalue weighted by Gasteiger charge is -2.52. The highest BCUT2D eigenvalue weighted by Gasteiger charge is 2.55. The third-order valence-corrected chi connectivity index (χ3v) is 9.43. The van der Waals surface area contributed by atoms with Crippen molar-refractivity contribution in [2.75, 3.05) is 19.6 Å². The number of halogens is 1. The number of likely N-dealkylation sites (tertiary alicyclic amines) is 1. The minimum Gasteiger partial charge on any atom is -0.457 e. The second kappa shape index (κ2) is 15.2. The second-order valence-corrected chi connectivity index (χ2v) is 12.2. The van der Waals surface area contributed by atoms with Gasteiger partial charge in [-0.05, 0) is 80.0 Å². The molecule has 3 amide bonds. The molecule has 11 heteroatoms. The Morgan fingerprint density at radius 3 is 2.23 bits per heavy atom. The van der Waals surface area contributed by atoms with Crippen LogP contribution in [0.4, 0.5) is 0 Å². The molecule has 0 radical (unpaired) electrons. The molecule has 0 unspecified atom stereocenters. The average molecular weight is 629 g/mol. The molecule has 2 aromatic rings. The number of piperidine rings is 1. The number of carbonyl (C=O) groups excluding carboxylic acids is 3. The molecular formula is C33H45ClN4O6. The molecule has 5 rings (SSSR count). The van der Waals surface area contributed by atoms with Crippen LogP contribution in [-0.2, 0) is 16.1 Å². The van der Waals surface area contributed by atoms with E-state index in [4.69, 9.17) is 9.94 Å². The van der Waals surface area contributed by atoms with E-state index in [0.717, 1.165) is 57.1 Å². The summed E-state index contributed by atoms with van der Waals surface area (Å²) in [6.45, 7) is 4.71. The van der Waals surface area contributed by atoms with Crippen LogP contribution in [0.15, 0.2) is 48.5 Å². The minimum atomic E-state index is -0.864. The number of nitrogens with zero attached hydrogens (tertiary/aromatic N) is 2. The Kier molecular flexibility index (Phi) is 11.6. The summed E-state index contributed by atoms with van der Waals surface area (Å²) in [4.78, 5) is 43.2. The first-order chi connectivity index (χ1) is 20.8. The van der Waals surface area contributed by atoms with Gasteiger partial charge in [-0.3, -0.25) is 24.5 Å². The fraction of sp³-hybridized carbons (Fsp3) is 0.545. The van der Waals surface area contributed by atoms with E-state index >= 15 is 0 Å². The summed E-state index contributed by atoms with van der Waals surface area (Å²) in [5, 5.41) is 22.9. The Morgan fingerprint density at radius 2 is 1.64 bits per heavy atom. The van der Waals surface area contributed by atoms with Crippen molar-refractivity contribution < 1.29 is 29.4 Å². The van der Waals surface area contributed by atoms with Crippen LogP contribution in [0.3, 0.4) is 0 Å². The van der Waals surface area contributed by atoms with E-state index in [-0.39, 0.29) is 30.1 Å². The highest BCUT2D eigenvalue weighted by Crippen LogP contribution is 2.36. The van der Waals surface area contributed by atoms with Crippen molar-refractivity contribution in [1.29, 1.82) is 0 Å². The third kappa shape index (κ3) is 7.37. The number of amides is 3. The maximum absolute atomic E-state index is 13.8. The minimum absolute atomic E-state index is 0. The number of rotatable bonds is 10. The van der Waals surface area contributed by atoms with Gasteiger partial charge in [-0.15, -0.1) is 12.4 Å². The van der Waals surface area contributed by atoms with Crippen LogP contribution in [-0.4, -0.2) is 75.2 Å². The van der Waals surface area contributed by atoms with Gasteiger partial charge in [0.2, 0.25) is 11.8 Å². The van der Waals surface area contributed by atoms with Crippen molar-refractivity contribution in [2.45, 2.75) is 88.9 Å². The molecule has 4 N–H and O–H groups in total. The van der Waals surface area contributed by atoms with E-state index in [0.29, 0.717) is 49.5 Å². The normalized spacial score (nSPS) is 21.3. The molecule has 1 saturated carbocycles. The van der Waals surface area contributed by atoms with Crippen molar-refractivity contribution in [1.82, 2.24) is 20.6 Å². The van der Waals surface area contributed by atoms with Crippen molar-refractivity contribution in [3.8, 4) is 11.5 Å². The Hall–Kier alpha value is -3.18. The third-order valence-electron chi connectivity index (χ3n) is 9.43. The number of benzene rings is 2. The molecule has 2 saturated heterocycles. The Morgan fingerprint density at radius 1 is 1.02 bits per heavy atom. The smallest absolute Gasteiger partial charge is 0.274 e. The monoisotopic (exact) mass is 628 g/mol. The first-order valence-electron chi connectivity index (χ1n) is 15.7. The molecule has 3 aliphatic rings. The SMILES string of the molecule is CCCCN1C(=O)[C@@H]([C@H](O)C2CCCCC2)NC(=O)C12CCN(Cc1ccc(Oc3ccc(C(=O)NO)cc3)cc1)CC2.Cl. The number of hydrogen-bond donors (Lipinski definition) is 4. The van der Waals surface area contributed by atoms with Gasteiger partial charge in [0.05, 0.1) is 6.10 Å². The highest BCUT2D eigenvalue weighted by atomic mass is 35.5. The highest BCUT2D eigenvalue weighted by molar-refractivity contribution is 6.00. The molecule has 44 heavy (non-hydrogen) atoms. The van der Waals surface area contributed by atoms with Gasteiger partial charge in [0.1, 0.15) is 23.1 Å². The Balaban J connectivity index is 0.00000442. The van der Waals surface area contributed by atoms with Crippen LogP contribution < -0.4 is 15.5 Å². The molecule has 2 atom stereocenters.